The number of anilines is 1. The first-order valence-corrected chi connectivity index (χ1v) is 9.33. The fourth-order valence-corrected chi connectivity index (χ4v) is 3.63. The predicted octanol–water partition coefficient (Wildman–Crippen LogP) is 1.87. The summed E-state index contributed by atoms with van der Waals surface area (Å²) in [5.41, 5.74) is 1.45. The first kappa shape index (κ1) is 17.8. The van der Waals surface area contributed by atoms with Crippen molar-refractivity contribution in [2.24, 2.45) is 0 Å². The maximum absolute atomic E-state index is 12.9. The van der Waals surface area contributed by atoms with Crippen molar-refractivity contribution in [2.45, 2.75) is 25.3 Å². The van der Waals surface area contributed by atoms with Gasteiger partial charge in [0.2, 0.25) is 0 Å². The Bertz CT molecular complexity index is 1030. The van der Waals surface area contributed by atoms with Gasteiger partial charge in [-0.25, -0.2) is 18.1 Å². The first-order chi connectivity index (χ1) is 12.4. The van der Waals surface area contributed by atoms with E-state index in [2.05, 4.69) is 25.2 Å². The van der Waals surface area contributed by atoms with E-state index in [0.29, 0.717) is 17.9 Å². The summed E-state index contributed by atoms with van der Waals surface area (Å²) in [6.45, 7) is 4.30. The van der Waals surface area contributed by atoms with Gasteiger partial charge in [-0.15, -0.1) is 5.10 Å². The Morgan fingerprint density at radius 1 is 1.23 bits per heavy atom. The van der Waals surface area contributed by atoms with Gasteiger partial charge in [-0.05, 0) is 60.2 Å². The molecular weight excluding hydrogens is 356 g/mol. The molecule has 9 nitrogen and oxygen atoms in total. The number of sulfonamides is 1. The van der Waals surface area contributed by atoms with Crippen molar-refractivity contribution in [3.05, 3.63) is 42.1 Å². The van der Waals surface area contributed by atoms with Gasteiger partial charge >= 0.3 is 0 Å². The summed E-state index contributed by atoms with van der Waals surface area (Å²) >= 11 is 0. The van der Waals surface area contributed by atoms with Crippen molar-refractivity contribution < 1.29 is 13.2 Å². The number of benzene rings is 1. The van der Waals surface area contributed by atoms with Crippen LogP contribution >= 0.6 is 0 Å². The Labute approximate surface area is 151 Å². The maximum atomic E-state index is 12.9. The number of rotatable bonds is 6. The molecule has 3 aromatic rings. The lowest BCUT2D eigenvalue weighted by atomic mass is 10.2. The van der Waals surface area contributed by atoms with E-state index in [4.69, 9.17) is 4.74 Å². The van der Waals surface area contributed by atoms with Gasteiger partial charge in [0, 0.05) is 18.3 Å². The van der Waals surface area contributed by atoms with Gasteiger partial charge in [0.25, 0.3) is 10.0 Å². The van der Waals surface area contributed by atoms with Crippen LogP contribution < -0.4 is 9.46 Å². The van der Waals surface area contributed by atoms with E-state index in [9.17, 15) is 8.42 Å². The summed E-state index contributed by atoms with van der Waals surface area (Å²) in [6, 6.07) is 8.19. The van der Waals surface area contributed by atoms with Crippen molar-refractivity contribution >= 4 is 15.8 Å². The predicted molar refractivity (Wildman–Crippen MR) is 95.3 cm³/mol. The second kappa shape index (κ2) is 7.08. The number of hydrogen-bond acceptors (Lipinski definition) is 7. The van der Waals surface area contributed by atoms with E-state index < -0.39 is 10.0 Å². The highest BCUT2D eigenvalue weighted by molar-refractivity contribution is 7.92. The number of nitrogens with zero attached hydrogens (tertiary/aromatic N) is 5. The summed E-state index contributed by atoms with van der Waals surface area (Å²) < 4.78 is 35.0. The maximum Gasteiger partial charge on any atom is 0.266 e. The highest BCUT2D eigenvalue weighted by Crippen LogP contribution is 2.30. The number of aryl methyl sites for hydroxylation is 2. The number of aromatic nitrogens is 5. The molecular formula is C16H18N6O3S. The molecule has 136 valence electrons. The Kier molecular flexibility index (Phi) is 4.85. The highest BCUT2D eigenvalue weighted by Gasteiger charge is 2.22. The normalized spacial score (nSPS) is 11.3. The lowest BCUT2D eigenvalue weighted by Gasteiger charge is -2.13. The molecule has 3 rings (SSSR count). The van der Waals surface area contributed by atoms with E-state index in [1.807, 2.05) is 13.8 Å². The first-order valence-electron chi connectivity index (χ1n) is 7.84. The van der Waals surface area contributed by atoms with Crippen LogP contribution in [-0.2, 0) is 16.6 Å². The third-order valence-electron chi connectivity index (χ3n) is 3.70. The Hall–Kier alpha value is -3.01. The molecule has 0 saturated heterocycles. The van der Waals surface area contributed by atoms with Crippen LogP contribution in [0.25, 0.3) is 11.4 Å². The van der Waals surface area contributed by atoms with Gasteiger partial charge in [0.15, 0.2) is 5.82 Å². The minimum absolute atomic E-state index is 0.0218. The molecule has 0 fully saturated rings. The number of ether oxygens (including phenoxy) is 1. The summed E-state index contributed by atoms with van der Waals surface area (Å²) in [5, 5.41) is 11.5. The van der Waals surface area contributed by atoms with Crippen LogP contribution in [0.3, 0.4) is 0 Å². The number of methoxy groups -OCH3 is 1. The van der Waals surface area contributed by atoms with Crippen LogP contribution in [0.15, 0.2) is 41.4 Å². The molecule has 0 saturated carbocycles. The summed E-state index contributed by atoms with van der Waals surface area (Å²) in [6.07, 6.45) is 1.54. The van der Waals surface area contributed by atoms with Crippen molar-refractivity contribution in [3.8, 4) is 17.1 Å². The molecule has 0 atom stereocenters. The molecule has 0 radical (unpaired) electrons. The molecule has 0 aliphatic carbocycles. The molecule has 0 spiro atoms. The van der Waals surface area contributed by atoms with Gasteiger partial charge in [-0.1, -0.05) is 0 Å². The average molecular weight is 374 g/mol. The molecule has 26 heavy (non-hydrogen) atoms. The summed E-state index contributed by atoms with van der Waals surface area (Å²) in [7, 11) is -2.51. The highest BCUT2D eigenvalue weighted by atomic mass is 32.2. The number of nitrogens with one attached hydrogen (secondary N) is 1. The van der Waals surface area contributed by atoms with E-state index in [1.54, 1.807) is 28.9 Å². The third-order valence-corrected chi connectivity index (χ3v) is 5.07. The topological polar surface area (TPSA) is 112 Å². The van der Waals surface area contributed by atoms with Gasteiger partial charge in [-0.2, -0.15) is 0 Å². The van der Waals surface area contributed by atoms with Crippen LogP contribution in [0.5, 0.6) is 5.75 Å². The summed E-state index contributed by atoms with van der Waals surface area (Å²) in [4.78, 5) is 4.02. The van der Waals surface area contributed by atoms with Crippen LogP contribution in [0.4, 0.5) is 5.82 Å². The van der Waals surface area contributed by atoms with Gasteiger partial charge < -0.3 is 4.74 Å². The van der Waals surface area contributed by atoms with Gasteiger partial charge in [-0.3, -0.25) is 4.72 Å². The fraction of sp³-hybridized carbons (Fsp3) is 0.250. The van der Waals surface area contributed by atoms with Crippen LogP contribution in [-0.4, -0.2) is 40.7 Å². The molecule has 1 aromatic carbocycles. The zero-order valence-electron chi connectivity index (χ0n) is 14.5. The minimum atomic E-state index is -3.92. The lowest BCUT2D eigenvalue weighted by molar-refractivity contribution is 0.403. The van der Waals surface area contributed by atoms with E-state index in [-0.39, 0.29) is 16.5 Å². The number of tetrazole rings is 1. The van der Waals surface area contributed by atoms with Crippen molar-refractivity contribution in [3.63, 3.8) is 0 Å². The molecule has 1 N–H and O–H groups in total. The zero-order valence-corrected chi connectivity index (χ0v) is 15.4. The summed E-state index contributed by atoms with van der Waals surface area (Å²) in [5.74, 6) is 0.917. The van der Waals surface area contributed by atoms with E-state index in [0.717, 1.165) is 5.56 Å². The van der Waals surface area contributed by atoms with Crippen molar-refractivity contribution in [1.82, 2.24) is 25.2 Å². The molecule has 0 amide bonds. The Morgan fingerprint density at radius 2 is 2.04 bits per heavy atom. The molecule has 2 aromatic heterocycles. The monoisotopic (exact) mass is 374 g/mol. The van der Waals surface area contributed by atoms with E-state index in [1.165, 1.54) is 19.4 Å². The van der Waals surface area contributed by atoms with Gasteiger partial charge in [0.1, 0.15) is 16.5 Å². The molecule has 10 heteroatoms. The molecule has 2 heterocycles. The molecule has 0 aliphatic rings. The molecule has 0 bridgehead atoms. The quantitative estimate of drug-likeness (QED) is 0.701. The Balaban J connectivity index is 2.06. The smallest absolute Gasteiger partial charge is 0.266 e. The van der Waals surface area contributed by atoms with Gasteiger partial charge in [0.05, 0.1) is 7.11 Å². The van der Waals surface area contributed by atoms with E-state index >= 15 is 0 Å². The number of hydrogen-bond donors (Lipinski definition) is 1. The lowest BCUT2D eigenvalue weighted by Crippen LogP contribution is -2.15. The number of pyridine rings is 1. The van der Waals surface area contributed by atoms with Crippen LogP contribution in [0, 0.1) is 6.92 Å². The second-order valence-electron chi connectivity index (χ2n) is 5.51. The zero-order chi connectivity index (χ0) is 18.7. The van der Waals surface area contributed by atoms with Crippen molar-refractivity contribution in [1.29, 1.82) is 0 Å². The second-order valence-corrected chi connectivity index (χ2v) is 7.16. The standard InChI is InChI=1S/C16H18N6O3S/c1-4-22-16(18-20-21-22)12-5-6-13(25-3)14(10-12)26(23,24)19-15-9-11(2)7-8-17-15/h5-10H,4H2,1-3H3,(H,17,19). The minimum Gasteiger partial charge on any atom is -0.495 e. The average Bonchev–Trinajstić information content (AvgIpc) is 3.09. The van der Waals surface area contributed by atoms with Crippen molar-refractivity contribution in [2.75, 3.05) is 11.8 Å². The van der Waals surface area contributed by atoms with Crippen LogP contribution in [0.2, 0.25) is 0 Å². The Morgan fingerprint density at radius 3 is 2.73 bits per heavy atom. The van der Waals surface area contributed by atoms with Crippen LogP contribution in [0.1, 0.15) is 12.5 Å². The molecule has 0 aliphatic heterocycles. The SMILES string of the molecule is CCn1nnnc1-c1ccc(OC)c(S(=O)(=O)Nc2cc(C)ccn2)c1. The fourth-order valence-electron chi connectivity index (χ4n) is 2.43. The molecule has 0 unspecified atom stereocenters. The largest absolute Gasteiger partial charge is 0.495 e. The third kappa shape index (κ3) is 3.49.